The van der Waals surface area contributed by atoms with Gasteiger partial charge in [0.05, 0.1) is 17.6 Å². The molecule has 2 N–H and O–H groups in total. The van der Waals surface area contributed by atoms with E-state index in [1.165, 1.54) is 39.8 Å². The second-order valence-corrected chi connectivity index (χ2v) is 8.26. The Labute approximate surface area is 202 Å². The Morgan fingerprint density at radius 2 is 1.75 bits per heavy atom. The number of anilines is 1. The molecule has 0 saturated heterocycles. The first-order chi connectivity index (χ1) is 17.5. The van der Waals surface area contributed by atoms with Crippen molar-refractivity contribution in [3.63, 3.8) is 0 Å². The topological polar surface area (TPSA) is 110 Å². The molecule has 0 fully saturated rings. The molecular formula is C26H18FN7O2. The second-order valence-electron chi connectivity index (χ2n) is 8.26. The Balaban J connectivity index is 1.40. The molecule has 0 spiro atoms. The smallest absolute Gasteiger partial charge is 0.263 e. The first kappa shape index (κ1) is 21.4. The van der Waals surface area contributed by atoms with Crippen LogP contribution in [0.4, 0.5) is 10.2 Å². The van der Waals surface area contributed by atoms with Gasteiger partial charge in [-0.15, -0.1) is 0 Å². The van der Waals surface area contributed by atoms with E-state index in [4.69, 9.17) is 0 Å². The fourth-order valence-electron chi connectivity index (χ4n) is 4.05. The van der Waals surface area contributed by atoms with Crippen LogP contribution in [0.1, 0.15) is 16.1 Å². The highest BCUT2D eigenvalue weighted by molar-refractivity contribution is 6.06. The molecule has 0 atom stereocenters. The largest absolute Gasteiger partial charge is 0.306 e. The number of nitrogens with one attached hydrogen (secondary N) is 2. The van der Waals surface area contributed by atoms with E-state index < -0.39 is 5.56 Å². The molecule has 10 heteroatoms. The Morgan fingerprint density at radius 3 is 2.56 bits per heavy atom. The van der Waals surface area contributed by atoms with E-state index >= 15 is 0 Å². The average Bonchev–Trinajstić information content (AvgIpc) is 3.47. The zero-order valence-electron chi connectivity index (χ0n) is 18.9. The van der Waals surface area contributed by atoms with Crippen molar-refractivity contribution in [2.45, 2.75) is 6.92 Å². The monoisotopic (exact) mass is 479 g/mol. The zero-order valence-corrected chi connectivity index (χ0v) is 18.9. The van der Waals surface area contributed by atoms with Gasteiger partial charge in [-0.2, -0.15) is 19.9 Å². The Hall–Kier alpha value is -5.12. The predicted octanol–water partition coefficient (Wildman–Crippen LogP) is 4.15. The van der Waals surface area contributed by atoms with Crippen LogP contribution >= 0.6 is 0 Å². The average molecular weight is 479 g/mol. The number of aromatic amines is 1. The summed E-state index contributed by atoms with van der Waals surface area (Å²) in [6, 6.07) is 20.6. The van der Waals surface area contributed by atoms with Crippen LogP contribution in [0.25, 0.3) is 33.4 Å². The highest BCUT2D eigenvalue weighted by Gasteiger charge is 2.17. The third kappa shape index (κ3) is 3.70. The molecule has 3 heterocycles. The number of fused-ring (bicyclic) bond motifs is 2. The normalized spacial score (nSPS) is 11.3. The molecule has 3 aromatic heterocycles. The first-order valence-corrected chi connectivity index (χ1v) is 11.1. The maximum absolute atomic E-state index is 13.4. The highest BCUT2D eigenvalue weighted by Crippen LogP contribution is 2.20. The number of amides is 1. The zero-order chi connectivity index (χ0) is 24.8. The van der Waals surface area contributed by atoms with Crippen molar-refractivity contribution in [2.75, 3.05) is 5.32 Å². The summed E-state index contributed by atoms with van der Waals surface area (Å²) in [6.45, 7) is 1.77. The number of benzene rings is 3. The van der Waals surface area contributed by atoms with Crippen molar-refractivity contribution in [3.05, 3.63) is 106 Å². The molecule has 0 saturated carbocycles. The number of hydrogen-bond donors (Lipinski definition) is 2. The molecule has 0 aliphatic rings. The van der Waals surface area contributed by atoms with Crippen LogP contribution in [0.2, 0.25) is 0 Å². The molecule has 0 aliphatic carbocycles. The molecular weight excluding hydrogens is 461 g/mol. The lowest BCUT2D eigenvalue weighted by atomic mass is 10.1. The summed E-state index contributed by atoms with van der Waals surface area (Å²) in [7, 11) is 0. The van der Waals surface area contributed by atoms with Crippen LogP contribution < -0.4 is 10.9 Å². The van der Waals surface area contributed by atoms with Gasteiger partial charge in [0.2, 0.25) is 5.95 Å². The lowest BCUT2D eigenvalue weighted by Crippen LogP contribution is -2.19. The second kappa shape index (κ2) is 8.27. The third-order valence-electron chi connectivity index (χ3n) is 5.78. The predicted molar refractivity (Wildman–Crippen MR) is 133 cm³/mol. The highest BCUT2D eigenvalue weighted by atomic mass is 19.1. The van der Waals surface area contributed by atoms with E-state index in [1.807, 2.05) is 36.4 Å². The molecule has 36 heavy (non-hydrogen) atoms. The molecule has 176 valence electrons. The maximum Gasteiger partial charge on any atom is 0.263 e. The van der Waals surface area contributed by atoms with Crippen molar-refractivity contribution >= 4 is 33.5 Å². The first-order valence-electron chi connectivity index (χ1n) is 11.1. The van der Waals surface area contributed by atoms with Gasteiger partial charge >= 0.3 is 0 Å². The Morgan fingerprint density at radius 1 is 0.972 bits per heavy atom. The number of carbonyl (C=O) groups is 1. The van der Waals surface area contributed by atoms with Gasteiger partial charge in [0.25, 0.3) is 11.5 Å². The van der Waals surface area contributed by atoms with Crippen molar-refractivity contribution in [2.24, 2.45) is 0 Å². The maximum atomic E-state index is 13.4. The SMILES string of the molecule is Cc1cc(NC(=O)c2ccc3ccccc3c2)n(-c2nc3c(cnn3-c3ccc(F)cc3)c(=O)[nH]2)n1. The summed E-state index contributed by atoms with van der Waals surface area (Å²) in [5.74, 6) is -0.290. The lowest BCUT2D eigenvalue weighted by Gasteiger charge is -2.09. The van der Waals surface area contributed by atoms with E-state index in [-0.39, 0.29) is 28.7 Å². The number of H-pyrrole nitrogens is 1. The van der Waals surface area contributed by atoms with Crippen molar-refractivity contribution in [1.82, 2.24) is 29.5 Å². The van der Waals surface area contributed by atoms with Gasteiger partial charge in [-0.1, -0.05) is 30.3 Å². The number of nitrogens with zero attached hydrogens (tertiary/aromatic N) is 5. The number of rotatable bonds is 4. The lowest BCUT2D eigenvalue weighted by molar-refractivity contribution is 0.102. The van der Waals surface area contributed by atoms with Crippen LogP contribution in [0.15, 0.2) is 83.8 Å². The van der Waals surface area contributed by atoms with Crippen LogP contribution in [-0.4, -0.2) is 35.4 Å². The summed E-state index contributed by atoms with van der Waals surface area (Å²) in [6.07, 6.45) is 1.39. The van der Waals surface area contributed by atoms with E-state index in [0.717, 1.165) is 10.8 Å². The molecule has 1 amide bonds. The molecule has 9 nitrogen and oxygen atoms in total. The van der Waals surface area contributed by atoms with Gasteiger partial charge in [-0.25, -0.2) is 9.07 Å². The van der Waals surface area contributed by atoms with Gasteiger partial charge < -0.3 is 5.32 Å². The molecule has 0 bridgehead atoms. The minimum absolute atomic E-state index is 0.0956. The van der Waals surface area contributed by atoms with E-state index in [9.17, 15) is 14.0 Å². The third-order valence-corrected chi connectivity index (χ3v) is 5.78. The van der Waals surface area contributed by atoms with Crippen molar-refractivity contribution < 1.29 is 9.18 Å². The van der Waals surface area contributed by atoms with E-state index in [0.29, 0.717) is 22.8 Å². The number of halogens is 1. The number of aromatic nitrogens is 6. The minimum atomic E-state index is -0.427. The number of carbonyl (C=O) groups excluding carboxylic acids is 1. The van der Waals surface area contributed by atoms with Gasteiger partial charge in [0.1, 0.15) is 17.0 Å². The molecule has 3 aromatic carbocycles. The van der Waals surface area contributed by atoms with Gasteiger partial charge in [-0.05, 0) is 54.1 Å². The van der Waals surface area contributed by atoms with E-state index in [1.54, 1.807) is 19.1 Å². The van der Waals surface area contributed by atoms with Crippen LogP contribution in [-0.2, 0) is 0 Å². The van der Waals surface area contributed by atoms with Crippen molar-refractivity contribution in [3.8, 4) is 11.6 Å². The molecule has 6 rings (SSSR count). The Bertz CT molecular complexity index is 1830. The molecule has 0 radical (unpaired) electrons. The molecule has 6 aromatic rings. The number of aryl methyl sites for hydroxylation is 1. The van der Waals surface area contributed by atoms with Crippen LogP contribution in [0, 0.1) is 12.7 Å². The quantitative estimate of drug-likeness (QED) is 0.395. The summed E-state index contributed by atoms with van der Waals surface area (Å²) in [5, 5.41) is 13.8. The van der Waals surface area contributed by atoms with Gasteiger partial charge in [0.15, 0.2) is 5.65 Å². The van der Waals surface area contributed by atoms with Gasteiger partial charge in [-0.3, -0.25) is 14.6 Å². The molecule has 0 aliphatic heterocycles. The Kier molecular flexibility index (Phi) is 4.92. The van der Waals surface area contributed by atoms with Crippen LogP contribution in [0.3, 0.4) is 0 Å². The van der Waals surface area contributed by atoms with Crippen LogP contribution in [0.5, 0.6) is 0 Å². The summed E-state index contributed by atoms with van der Waals surface area (Å²) < 4.78 is 16.2. The fourth-order valence-corrected chi connectivity index (χ4v) is 4.05. The molecule has 0 unspecified atom stereocenters. The summed E-state index contributed by atoms with van der Waals surface area (Å²) >= 11 is 0. The minimum Gasteiger partial charge on any atom is -0.306 e. The fraction of sp³-hybridized carbons (Fsp3) is 0.0385. The van der Waals surface area contributed by atoms with E-state index in [2.05, 4.69) is 25.5 Å². The summed E-state index contributed by atoms with van der Waals surface area (Å²) in [4.78, 5) is 33.1. The standard InChI is InChI=1S/C26H18FN7O2/c1-15-12-22(29-24(35)18-7-6-16-4-2-3-5-17(16)13-18)34(32-15)26-30-23-21(25(36)31-26)14-28-33(23)20-10-8-19(27)9-11-20/h2-14H,1H3,(H,29,35)(H,30,31,36). The number of hydrogen-bond acceptors (Lipinski definition) is 5. The van der Waals surface area contributed by atoms with Gasteiger partial charge in [0, 0.05) is 11.6 Å². The summed E-state index contributed by atoms with van der Waals surface area (Å²) in [5.41, 5.74) is 1.46. The van der Waals surface area contributed by atoms with Crippen molar-refractivity contribution in [1.29, 1.82) is 0 Å².